The minimum Gasteiger partial charge on any atom is -0.374 e. The van der Waals surface area contributed by atoms with E-state index in [1.54, 1.807) is 6.20 Å². The molecule has 4 heterocycles. The van der Waals surface area contributed by atoms with Crippen molar-refractivity contribution < 1.29 is 9.53 Å². The average Bonchev–Trinajstić information content (AvgIpc) is 3.45. The highest BCUT2D eigenvalue weighted by molar-refractivity contribution is 5.76. The van der Waals surface area contributed by atoms with Crippen LogP contribution < -0.4 is 10.6 Å². The van der Waals surface area contributed by atoms with Gasteiger partial charge in [0.2, 0.25) is 11.9 Å². The number of fused-ring (bicyclic) bond motifs is 2. The van der Waals surface area contributed by atoms with Gasteiger partial charge >= 0.3 is 0 Å². The fourth-order valence-electron chi connectivity index (χ4n) is 3.93. The summed E-state index contributed by atoms with van der Waals surface area (Å²) in [5.74, 6) is 0.686. The Hall–Kier alpha value is -3.53. The number of carbonyl (C=O) groups excluding carboxylic acids is 1. The highest BCUT2D eigenvalue weighted by Gasteiger charge is 2.24. The molecule has 1 amide bonds. The van der Waals surface area contributed by atoms with E-state index in [1.807, 2.05) is 23.2 Å². The molecule has 3 aromatic rings. The Balaban J connectivity index is 1.12. The number of hydrogen-bond acceptors (Lipinski definition) is 8. The predicted octanol–water partition coefficient (Wildman–Crippen LogP) is 1.49. The third kappa shape index (κ3) is 4.48. The third-order valence-electron chi connectivity index (χ3n) is 5.54. The van der Waals surface area contributed by atoms with Crippen LogP contribution in [-0.2, 0) is 35.5 Å². The highest BCUT2D eigenvalue weighted by atomic mass is 16.5. The summed E-state index contributed by atoms with van der Waals surface area (Å²) in [6.07, 6.45) is 5.45. The summed E-state index contributed by atoms with van der Waals surface area (Å²) in [7, 11) is 0. The van der Waals surface area contributed by atoms with E-state index >= 15 is 0 Å². The number of amides is 1. The van der Waals surface area contributed by atoms with Crippen LogP contribution in [0.15, 0.2) is 36.7 Å². The van der Waals surface area contributed by atoms with E-state index in [-0.39, 0.29) is 12.1 Å². The van der Waals surface area contributed by atoms with Gasteiger partial charge in [-0.15, -0.1) is 0 Å². The lowest BCUT2D eigenvalue weighted by Gasteiger charge is -2.28. The minimum atomic E-state index is 0.0703. The summed E-state index contributed by atoms with van der Waals surface area (Å²) in [5, 5.41) is 17.0. The molecule has 1 atom stereocenters. The van der Waals surface area contributed by atoms with E-state index in [1.165, 1.54) is 5.56 Å². The molecular formula is C21H24N8O2. The third-order valence-corrected chi connectivity index (χ3v) is 5.54. The van der Waals surface area contributed by atoms with Crippen LogP contribution in [0.4, 0.5) is 11.6 Å². The number of hydrogen-bond donors (Lipinski definition) is 3. The van der Waals surface area contributed by atoms with Crippen LogP contribution in [0, 0.1) is 0 Å². The minimum absolute atomic E-state index is 0.0703. The van der Waals surface area contributed by atoms with Crippen molar-refractivity contribution in [3.05, 3.63) is 59.2 Å². The van der Waals surface area contributed by atoms with Crippen LogP contribution in [0.1, 0.15) is 28.9 Å². The van der Waals surface area contributed by atoms with Gasteiger partial charge in [0, 0.05) is 43.4 Å². The number of para-hydroxylation sites is 1. The van der Waals surface area contributed by atoms with Gasteiger partial charge in [-0.05, 0) is 11.6 Å². The molecule has 2 aliphatic rings. The number of H-pyrrole nitrogens is 1. The van der Waals surface area contributed by atoms with Crippen LogP contribution in [-0.4, -0.2) is 55.5 Å². The van der Waals surface area contributed by atoms with Gasteiger partial charge in [-0.3, -0.25) is 4.79 Å². The van der Waals surface area contributed by atoms with Crippen LogP contribution in [0.25, 0.3) is 0 Å². The van der Waals surface area contributed by atoms with Crippen LogP contribution in [0.3, 0.4) is 0 Å². The standard InChI is InChI=1S/C21H24N8O2/c30-20(6-8-31-13-16-11-23-28-27-16)29-7-5-18-15(12-29)10-22-21(25-18)26-19-9-14-3-1-2-4-17(14)24-19/h1-4,10-11,19,24H,5-9,12-13H2,(H,22,25,26)(H,23,27,28). The van der Waals surface area contributed by atoms with E-state index in [2.05, 4.69) is 43.2 Å². The first-order valence-corrected chi connectivity index (χ1v) is 10.4. The van der Waals surface area contributed by atoms with Crippen molar-refractivity contribution in [3.63, 3.8) is 0 Å². The SMILES string of the molecule is O=C(CCOCc1cn[nH]n1)N1CCc2nc(NC3Cc4ccccc4N3)ncc2C1. The molecule has 0 spiro atoms. The molecule has 1 aromatic carbocycles. The van der Waals surface area contributed by atoms with E-state index in [4.69, 9.17) is 9.72 Å². The molecule has 31 heavy (non-hydrogen) atoms. The van der Waals surface area contributed by atoms with E-state index in [0.717, 1.165) is 35.5 Å². The molecule has 3 N–H and O–H groups in total. The molecule has 2 aliphatic heterocycles. The summed E-state index contributed by atoms with van der Waals surface area (Å²) >= 11 is 0. The molecule has 5 rings (SSSR count). The summed E-state index contributed by atoms with van der Waals surface area (Å²) in [4.78, 5) is 23.5. The maximum atomic E-state index is 12.5. The summed E-state index contributed by atoms with van der Waals surface area (Å²) in [5.41, 5.74) is 5.16. The number of carbonyl (C=O) groups is 1. The number of nitrogens with zero attached hydrogens (tertiary/aromatic N) is 5. The lowest BCUT2D eigenvalue weighted by Crippen LogP contribution is -2.37. The quantitative estimate of drug-likeness (QED) is 0.492. The molecule has 1 unspecified atom stereocenters. The van der Waals surface area contributed by atoms with Gasteiger partial charge in [0.25, 0.3) is 0 Å². The molecule has 0 saturated carbocycles. The van der Waals surface area contributed by atoms with Crippen molar-refractivity contribution in [2.45, 2.75) is 38.6 Å². The van der Waals surface area contributed by atoms with Crippen LogP contribution >= 0.6 is 0 Å². The van der Waals surface area contributed by atoms with Gasteiger partial charge in [-0.1, -0.05) is 18.2 Å². The first-order valence-electron chi connectivity index (χ1n) is 10.4. The second kappa shape index (κ2) is 8.68. The van der Waals surface area contributed by atoms with E-state index < -0.39 is 0 Å². The Labute approximate surface area is 179 Å². The number of nitrogens with one attached hydrogen (secondary N) is 3. The van der Waals surface area contributed by atoms with E-state index in [0.29, 0.717) is 38.7 Å². The van der Waals surface area contributed by atoms with Crippen molar-refractivity contribution in [1.82, 2.24) is 30.3 Å². The van der Waals surface area contributed by atoms with Crippen molar-refractivity contribution in [3.8, 4) is 0 Å². The van der Waals surface area contributed by atoms with E-state index in [9.17, 15) is 4.79 Å². The molecular weight excluding hydrogens is 396 g/mol. The zero-order chi connectivity index (χ0) is 21.0. The largest absolute Gasteiger partial charge is 0.374 e. The molecule has 10 heteroatoms. The zero-order valence-electron chi connectivity index (χ0n) is 17.0. The number of rotatable bonds is 7. The molecule has 2 aromatic heterocycles. The number of aromatic nitrogens is 5. The topological polar surface area (TPSA) is 121 Å². The molecule has 0 radical (unpaired) electrons. The highest BCUT2D eigenvalue weighted by Crippen LogP contribution is 2.26. The van der Waals surface area contributed by atoms with Crippen LogP contribution in [0.5, 0.6) is 0 Å². The summed E-state index contributed by atoms with van der Waals surface area (Å²) in [6.45, 7) is 1.88. The lowest BCUT2D eigenvalue weighted by molar-refractivity contribution is -0.133. The second-order valence-electron chi connectivity index (χ2n) is 7.70. The smallest absolute Gasteiger partial charge is 0.225 e. The van der Waals surface area contributed by atoms with Crippen molar-refractivity contribution in [2.75, 3.05) is 23.8 Å². The fourth-order valence-corrected chi connectivity index (χ4v) is 3.93. The fraction of sp³-hybridized carbons (Fsp3) is 0.381. The van der Waals surface area contributed by atoms with Gasteiger partial charge in [-0.25, -0.2) is 9.97 Å². The number of ether oxygens (including phenoxy) is 1. The van der Waals surface area contributed by atoms with Crippen LogP contribution in [0.2, 0.25) is 0 Å². The Morgan fingerprint density at radius 1 is 1.26 bits per heavy atom. The Morgan fingerprint density at radius 2 is 2.19 bits per heavy atom. The Bertz CT molecular complexity index is 1030. The first-order chi connectivity index (χ1) is 15.2. The molecule has 0 fully saturated rings. The Kier molecular flexibility index (Phi) is 5.44. The number of benzene rings is 1. The zero-order valence-corrected chi connectivity index (χ0v) is 17.0. The maximum Gasteiger partial charge on any atom is 0.225 e. The maximum absolute atomic E-state index is 12.5. The van der Waals surface area contributed by atoms with Gasteiger partial charge in [0.15, 0.2) is 0 Å². The Morgan fingerprint density at radius 3 is 3.06 bits per heavy atom. The molecule has 0 aliphatic carbocycles. The number of aromatic amines is 1. The van der Waals surface area contributed by atoms with Gasteiger partial charge < -0.3 is 20.3 Å². The summed E-state index contributed by atoms with van der Waals surface area (Å²) < 4.78 is 5.50. The van der Waals surface area contributed by atoms with Crippen molar-refractivity contribution in [2.24, 2.45) is 0 Å². The van der Waals surface area contributed by atoms with Crippen molar-refractivity contribution >= 4 is 17.5 Å². The molecule has 10 nitrogen and oxygen atoms in total. The predicted molar refractivity (Wildman–Crippen MR) is 113 cm³/mol. The summed E-state index contributed by atoms with van der Waals surface area (Å²) in [6, 6.07) is 8.28. The normalized spacial score (nSPS) is 17.0. The monoisotopic (exact) mass is 420 g/mol. The van der Waals surface area contributed by atoms with Gasteiger partial charge in [-0.2, -0.15) is 15.4 Å². The molecule has 160 valence electrons. The molecule has 0 bridgehead atoms. The van der Waals surface area contributed by atoms with Gasteiger partial charge in [0.1, 0.15) is 11.9 Å². The number of anilines is 2. The molecule has 0 saturated heterocycles. The first kappa shape index (κ1) is 19.4. The lowest BCUT2D eigenvalue weighted by atomic mass is 10.1. The second-order valence-corrected chi connectivity index (χ2v) is 7.70. The average molecular weight is 420 g/mol. The van der Waals surface area contributed by atoms with Gasteiger partial charge in [0.05, 0.1) is 31.5 Å². The van der Waals surface area contributed by atoms with Crippen molar-refractivity contribution in [1.29, 1.82) is 0 Å².